The minimum atomic E-state index is -0.0336. The summed E-state index contributed by atoms with van der Waals surface area (Å²) in [5.74, 6) is 0.300. The van der Waals surface area contributed by atoms with Gasteiger partial charge in [0.1, 0.15) is 5.65 Å². The molecule has 2 amide bonds. The minimum Gasteiger partial charge on any atom is -0.339 e. The fourth-order valence-corrected chi connectivity index (χ4v) is 4.38. The minimum absolute atomic E-state index is 0.0336. The first kappa shape index (κ1) is 17.1. The van der Waals surface area contributed by atoms with Crippen LogP contribution in [-0.4, -0.2) is 56.7 Å². The predicted octanol–water partition coefficient (Wildman–Crippen LogP) is 2.04. The van der Waals surface area contributed by atoms with Crippen molar-refractivity contribution in [2.24, 2.45) is 5.92 Å². The van der Waals surface area contributed by atoms with E-state index in [2.05, 4.69) is 11.9 Å². The molecule has 2 aromatic rings. The first-order chi connectivity index (χ1) is 12.6. The van der Waals surface area contributed by atoms with Gasteiger partial charge in [0.05, 0.1) is 18.0 Å². The molecule has 6 nitrogen and oxygen atoms in total. The van der Waals surface area contributed by atoms with Gasteiger partial charge in [-0.2, -0.15) is 0 Å². The van der Waals surface area contributed by atoms with Crippen LogP contribution in [-0.2, 0) is 16.0 Å². The summed E-state index contributed by atoms with van der Waals surface area (Å²) in [6, 6.07) is 4.18. The number of aryl methyl sites for hydroxylation is 1. The highest BCUT2D eigenvalue weighted by atomic mass is 16.2. The summed E-state index contributed by atoms with van der Waals surface area (Å²) < 4.78 is 1.99. The fourth-order valence-electron chi connectivity index (χ4n) is 4.38. The monoisotopic (exact) mass is 354 g/mol. The smallest absolute Gasteiger partial charge is 0.228 e. The fraction of sp³-hybridized carbons (Fsp3) is 0.550. The number of imidazole rings is 1. The molecular weight excluding hydrogens is 328 g/mol. The summed E-state index contributed by atoms with van der Waals surface area (Å²) in [5, 5.41) is 0. The number of hydrogen-bond donors (Lipinski definition) is 0. The number of rotatable bonds is 4. The normalized spacial score (nSPS) is 22.9. The topological polar surface area (TPSA) is 57.9 Å². The molecule has 0 aromatic carbocycles. The predicted molar refractivity (Wildman–Crippen MR) is 98.7 cm³/mol. The van der Waals surface area contributed by atoms with Gasteiger partial charge in [0.15, 0.2) is 0 Å². The van der Waals surface area contributed by atoms with Crippen molar-refractivity contribution in [3.8, 4) is 0 Å². The molecule has 2 atom stereocenters. The molecule has 26 heavy (non-hydrogen) atoms. The lowest BCUT2D eigenvalue weighted by Crippen LogP contribution is -2.48. The Morgan fingerprint density at radius 1 is 1.31 bits per heavy atom. The van der Waals surface area contributed by atoms with Gasteiger partial charge in [0, 0.05) is 38.1 Å². The van der Waals surface area contributed by atoms with Crippen LogP contribution in [0.3, 0.4) is 0 Å². The second kappa shape index (κ2) is 6.74. The van der Waals surface area contributed by atoms with Crippen LogP contribution < -0.4 is 0 Å². The van der Waals surface area contributed by atoms with Crippen LogP contribution in [0.25, 0.3) is 5.65 Å². The molecule has 0 aliphatic carbocycles. The summed E-state index contributed by atoms with van der Waals surface area (Å²) in [7, 11) is 0. The molecule has 138 valence electrons. The van der Waals surface area contributed by atoms with Gasteiger partial charge in [-0.25, -0.2) is 4.98 Å². The average Bonchev–Trinajstić information content (AvgIpc) is 2.84. The second-order valence-electron chi connectivity index (χ2n) is 7.57. The van der Waals surface area contributed by atoms with Crippen LogP contribution in [0, 0.1) is 12.8 Å². The third-order valence-corrected chi connectivity index (χ3v) is 5.75. The van der Waals surface area contributed by atoms with Crippen LogP contribution in [0.4, 0.5) is 0 Å². The van der Waals surface area contributed by atoms with Gasteiger partial charge in [-0.15, -0.1) is 0 Å². The third kappa shape index (κ3) is 2.87. The highest BCUT2D eigenvalue weighted by Crippen LogP contribution is 2.29. The largest absolute Gasteiger partial charge is 0.339 e. The van der Waals surface area contributed by atoms with Crippen molar-refractivity contribution in [2.75, 3.05) is 19.6 Å². The number of piperidine rings is 1. The number of nitrogens with zero attached hydrogens (tertiary/aromatic N) is 4. The van der Waals surface area contributed by atoms with Gasteiger partial charge in [0.2, 0.25) is 11.8 Å². The van der Waals surface area contributed by atoms with Crippen LogP contribution in [0.5, 0.6) is 0 Å². The second-order valence-corrected chi connectivity index (χ2v) is 7.57. The van der Waals surface area contributed by atoms with Crippen molar-refractivity contribution in [3.05, 3.63) is 35.8 Å². The summed E-state index contributed by atoms with van der Waals surface area (Å²) in [6.45, 7) is 6.14. The Balaban J connectivity index is 1.53. The number of carbonyl (C=O) groups is 2. The molecule has 0 N–H and O–H groups in total. The van der Waals surface area contributed by atoms with Crippen molar-refractivity contribution in [3.63, 3.8) is 0 Å². The molecule has 5 rings (SSSR count). The Labute approximate surface area is 153 Å². The zero-order valence-corrected chi connectivity index (χ0v) is 15.5. The average molecular weight is 354 g/mol. The lowest BCUT2D eigenvalue weighted by molar-refractivity contribution is -0.139. The van der Waals surface area contributed by atoms with E-state index in [9.17, 15) is 9.59 Å². The number of hydrogen-bond acceptors (Lipinski definition) is 3. The van der Waals surface area contributed by atoms with Gasteiger partial charge < -0.3 is 14.2 Å². The van der Waals surface area contributed by atoms with Crippen molar-refractivity contribution < 1.29 is 9.59 Å². The van der Waals surface area contributed by atoms with Gasteiger partial charge in [-0.05, 0) is 37.8 Å². The maximum atomic E-state index is 13.0. The Kier molecular flexibility index (Phi) is 4.42. The summed E-state index contributed by atoms with van der Waals surface area (Å²) in [6.07, 6.45) is 6.95. The summed E-state index contributed by atoms with van der Waals surface area (Å²) in [4.78, 5) is 34.0. The van der Waals surface area contributed by atoms with Crippen molar-refractivity contribution in [2.45, 2.75) is 45.6 Å². The van der Waals surface area contributed by atoms with Gasteiger partial charge in [0.25, 0.3) is 0 Å². The van der Waals surface area contributed by atoms with E-state index in [0.29, 0.717) is 19.5 Å². The number of fused-ring (bicyclic) bond motifs is 5. The van der Waals surface area contributed by atoms with Crippen LogP contribution >= 0.6 is 0 Å². The molecular formula is C20H26N4O2. The molecule has 3 saturated heterocycles. The van der Waals surface area contributed by atoms with Crippen molar-refractivity contribution >= 4 is 17.5 Å². The molecule has 3 aliphatic rings. The molecule has 3 fully saturated rings. The van der Waals surface area contributed by atoms with Crippen LogP contribution in [0.2, 0.25) is 0 Å². The Morgan fingerprint density at radius 3 is 2.96 bits per heavy atom. The summed E-state index contributed by atoms with van der Waals surface area (Å²) >= 11 is 0. The van der Waals surface area contributed by atoms with E-state index in [-0.39, 0.29) is 23.8 Å². The van der Waals surface area contributed by atoms with E-state index in [1.54, 1.807) is 6.20 Å². The molecule has 5 heterocycles. The molecule has 3 aliphatic heterocycles. The van der Waals surface area contributed by atoms with Gasteiger partial charge in [-0.3, -0.25) is 9.59 Å². The van der Waals surface area contributed by atoms with E-state index >= 15 is 0 Å². The maximum Gasteiger partial charge on any atom is 0.228 e. The Bertz CT molecular complexity index is 843. The lowest BCUT2D eigenvalue weighted by atomic mass is 9.94. The quantitative estimate of drug-likeness (QED) is 0.844. The first-order valence-electron chi connectivity index (χ1n) is 9.58. The SMILES string of the molecule is CCCN1C(=O)[C@@H]2CC[C@H]1CN(C(=O)Cc1cnc3c(C)cccn13)C2. The van der Waals surface area contributed by atoms with E-state index in [1.807, 2.05) is 39.5 Å². The molecule has 2 aromatic heterocycles. The third-order valence-electron chi connectivity index (χ3n) is 5.75. The first-order valence-corrected chi connectivity index (χ1v) is 9.58. The van der Waals surface area contributed by atoms with Crippen molar-refractivity contribution in [1.82, 2.24) is 19.2 Å². The summed E-state index contributed by atoms with van der Waals surface area (Å²) in [5.41, 5.74) is 2.90. The molecule has 0 radical (unpaired) electrons. The zero-order valence-electron chi connectivity index (χ0n) is 15.5. The van der Waals surface area contributed by atoms with Gasteiger partial charge in [-0.1, -0.05) is 13.0 Å². The Morgan fingerprint density at radius 2 is 2.15 bits per heavy atom. The van der Waals surface area contributed by atoms with E-state index in [0.717, 1.165) is 42.7 Å². The lowest BCUT2D eigenvalue weighted by Gasteiger charge is -2.35. The van der Waals surface area contributed by atoms with E-state index < -0.39 is 0 Å². The van der Waals surface area contributed by atoms with Crippen LogP contribution in [0.15, 0.2) is 24.5 Å². The number of amides is 2. The highest BCUT2D eigenvalue weighted by Gasteiger charge is 2.41. The molecule has 0 saturated carbocycles. The van der Waals surface area contributed by atoms with Crippen molar-refractivity contribution in [1.29, 1.82) is 0 Å². The standard InChI is InChI=1S/C20H26N4O2/c1-3-8-24-16-7-6-15(20(24)26)12-22(13-16)18(25)10-17-11-21-19-14(2)5-4-9-23(17)19/h4-5,9,11,15-16H,3,6-8,10,12-13H2,1-2H3/t15-,16+/m1/s1. The number of carbonyl (C=O) groups excluding carboxylic acids is 2. The Hall–Kier alpha value is -2.37. The number of pyridine rings is 1. The van der Waals surface area contributed by atoms with E-state index in [4.69, 9.17) is 0 Å². The molecule has 2 bridgehead atoms. The highest BCUT2D eigenvalue weighted by molar-refractivity contribution is 5.84. The van der Waals surface area contributed by atoms with Gasteiger partial charge >= 0.3 is 0 Å². The molecule has 0 spiro atoms. The molecule has 0 unspecified atom stereocenters. The maximum absolute atomic E-state index is 13.0. The van der Waals surface area contributed by atoms with E-state index in [1.165, 1.54) is 0 Å². The van der Waals surface area contributed by atoms with Crippen LogP contribution in [0.1, 0.15) is 37.4 Å². The molecule has 6 heteroatoms. The zero-order chi connectivity index (χ0) is 18.3. The number of aromatic nitrogens is 2.